The van der Waals surface area contributed by atoms with E-state index in [1.807, 2.05) is 14.0 Å². The van der Waals surface area contributed by atoms with Gasteiger partial charge in [-0.1, -0.05) is 17.4 Å². The predicted molar refractivity (Wildman–Crippen MR) is 78.4 cm³/mol. The van der Waals surface area contributed by atoms with Crippen molar-refractivity contribution in [2.45, 2.75) is 25.4 Å². The van der Waals surface area contributed by atoms with E-state index in [1.54, 1.807) is 6.07 Å². The maximum absolute atomic E-state index is 13.5. The smallest absolute Gasteiger partial charge is 0.205 e. The summed E-state index contributed by atoms with van der Waals surface area (Å²) >= 11 is 1.49. The molecule has 0 spiro atoms. The van der Waals surface area contributed by atoms with Crippen LogP contribution in [0, 0.1) is 18.6 Å². The Labute approximate surface area is 125 Å². The van der Waals surface area contributed by atoms with Crippen LogP contribution in [0.15, 0.2) is 18.2 Å². The highest BCUT2D eigenvalue weighted by molar-refractivity contribution is 7.15. The molecule has 0 unspecified atom stereocenters. The Bertz CT molecular complexity index is 646. The van der Waals surface area contributed by atoms with Crippen LogP contribution in [0.2, 0.25) is 0 Å². The molecule has 4 nitrogen and oxygen atoms in total. The third-order valence-corrected chi connectivity index (χ3v) is 4.54. The Morgan fingerprint density at radius 3 is 2.76 bits per heavy atom. The van der Waals surface area contributed by atoms with Gasteiger partial charge in [0.15, 0.2) is 11.6 Å². The molecule has 1 aliphatic heterocycles. The third-order valence-electron chi connectivity index (χ3n) is 3.77. The summed E-state index contributed by atoms with van der Waals surface area (Å²) in [5.74, 6) is -1.62. The number of likely N-dealkylation sites (N-methyl/N-ethyl adjacent to an activating group) is 1. The van der Waals surface area contributed by atoms with Gasteiger partial charge in [-0.25, -0.2) is 8.78 Å². The Morgan fingerprint density at radius 1 is 1.29 bits per heavy atom. The van der Waals surface area contributed by atoms with Crippen molar-refractivity contribution in [3.8, 4) is 0 Å². The molecule has 3 rings (SSSR count). The summed E-state index contributed by atoms with van der Waals surface area (Å²) in [5, 5.41) is 13.1. The van der Waals surface area contributed by atoms with Gasteiger partial charge in [-0.3, -0.25) is 4.90 Å². The van der Waals surface area contributed by atoms with Crippen molar-refractivity contribution >= 4 is 16.5 Å². The Balaban J connectivity index is 1.85. The van der Waals surface area contributed by atoms with Crippen LogP contribution in [0.25, 0.3) is 0 Å². The Kier molecular flexibility index (Phi) is 3.86. The SMILES string of the molecule is Cc1nnc(N[C@H]2CCN(C)[C@@H]2c2ccc(F)c(F)c2)s1. The molecule has 2 aromatic rings. The van der Waals surface area contributed by atoms with Gasteiger partial charge < -0.3 is 5.32 Å². The molecule has 0 saturated carbocycles. The average molecular weight is 310 g/mol. The maximum Gasteiger partial charge on any atom is 0.205 e. The van der Waals surface area contributed by atoms with Crippen LogP contribution in [0.4, 0.5) is 13.9 Å². The summed E-state index contributed by atoms with van der Waals surface area (Å²) in [6.07, 6.45) is 0.915. The Hall–Kier alpha value is -1.60. The molecule has 1 aromatic carbocycles. The summed E-state index contributed by atoms with van der Waals surface area (Å²) < 4.78 is 26.6. The lowest BCUT2D eigenvalue weighted by Gasteiger charge is -2.26. The van der Waals surface area contributed by atoms with Gasteiger partial charge in [-0.05, 0) is 38.1 Å². The van der Waals surface area contributed by atoms with E-state index >= 15 is 0 Å². The van der Waals surface area contributed by atoms with E-state index in [0.717, 1.165) is 28.7 Å². The van der Waals surface area contributed by atoms with E-state index in [0.29, 0.717) is 0 Å². The molecular weight excluding hydrogens is 294 g/mol. The standard InChI is InChI=1S/C14H16F2N4S/c1-8-18-19-14(21-8)17-12-5-6-20(2)13(12)9-3-4-10(15)11(16)7-9/h3-4,7,12-13H,5-6H2,1-2H3,(H,17,19)/t12-,13+/m0/s1. The molecule has 2 heterocycles. The second-order valence-corrected chi connectivity index (χ2v) is 6.45. The highest BCUT2D eigenvalue weighted by atomic mass is 32.1. The molecule has 1 aliphatic rings. The zero-order chi connectivity index (χ0) is 15.0. The average Bonchev–Trinajstić information content (AvgIpc) is 3.00. The number of aryl methyl sites for hydroxylation is 1. The van der Waals surface area contributed by atoms with Crippen molar-refractivity contribution in [3.05, 3.63) is 40.4 Å². The molecule has 7 heteroatoms. The zero-order valence-corrected chi connectivity index (χ0v) is 12.6. The fourth-order valence-corrected chi connectivity index (χ4v) is 3.45. The molecule has 0 amide bonds. The summed E-state index contributed by atoms with van der Waals surface area (Å²) in [6.45, 7) is 2.79. The zero-order valence-electron chi connectivity index (χ0n) is 11.8. The normalized spacial score (nSPS) is 22.7. The quantitative estimate of drug-likeness (QED) is 0.946. The number of likely N-dealkylation sites (tertiary alicyclic amines) is 1. The van der Waals surface area contributed by atoms with Gasteiger partial charge in [-0.15, -0.1) is 10.2 Å². The second-order valence-electron chi connectivity index (χ2n) is 5.26. The predicted octanol–water partition coefficient (Wildman–Crippen LogP) is 2.98. The Morgan fingerprint density at radius 2 is 2.10 bits per heavy atom. The minimum atomic E-state index is -0.816. The van der Waals surface area contributed by atoms with E-state index in [-0.39, 0.29) is 12.1 Å². The molecule has 21 heavy (non-hydrogen) atoms. The van der Waals surface area contributed by atoms with Gasteiger partial charge in [0.1, 0.15) is 5.01 Å². The third kappa shape index (κ3) is 2.89. The number of nitrogens with one attached hydrogen (secondary N) is 1. The van der Waals surface area contributed by atoms with Crippen LogP contribution in [-0.4, -0.2) is 34.7 Å². The van der Waals surface area contributed by atoms with E-state index in [1.165, 1.54) is 23.5 Å². The molecule has 0 aliphatic carbocycles. The number of benzene rings is 1. The lowest BCUT2D eigenvalue weighted by atomic mass is 10.00. The van der Waals surface area contributed by atoms with E-state index in [2.05, 4.69) is 20.4 Å². The van der Waals surface area contributed by atoms with Crippen LogP contribution < -0.4 is 5.32 Å². The van der Waals surface area contributed by atoms with Crippen LogP contribution in [0.5, 0.6) is 0 Å². The van der Waals surface area contributed by atoms with Gasteiger partial charge in [0.25, 0.3) is 0 Å². The van der Waals surface area contributed by atoms with Crippen molar-refractivity contribution in [3.63, 3.8) is 0 Å². The largest absolute Gasteiger partial charge is 0.355 e. The molecule has 1 fully saturated rings. The monoisotopic (exact) mass is 310 g/mol. The second kappa shape index (κ2) is 5.65. The number of aromatic nitrogens is 2. The highest BCUT2D eigenvalue weighted by Gasteiger charge is 2.34. The fourth-order valence-electron chi connectivity index (χ4n) is 2.79. The number of halogens is 2. The molecule has 0 radical (unpaired) electrons. The summed E-state index contributed by atoms with van der Waals surface area (Å²) in [4.78, 5) is 2.14. The van der Waals surface area contributed by atoms with Gasteiger partial charge >= 0.3 is 0 Å². The molecule has 1 saturated heterocycles. The van der Waals surface area contributed by atoms with Gasteiger partial charge in [0, 0.05) is 12.6 Å². The van der Waals surface area contributed by atoms with Gasteiger partial charge in [-0.2, -0.15) is 0 Å². The van der Waals surface area contributed by atoms with Crippen LogP contribution in [0.1, 0.15) is 23.0 Å². The molecule has 2 atom stereocenters. The van der Waals surface area contributed by atoms with E-state index < -0.39 is 11.6 Å². The number of nitrogens with zero attached hydrogens (tertiary/aromatic N) is 3. The first-order valence-electron chi connectivity index (χ1n) is 6.76. The highest BCUT2D eigenvalue weighted by Crippen LogP contribution is 2.34. The fraction of sp³-hybridized carbons (Fsp3) is 0.429. The first-order valence-corrected chi connectivity index (χ1v) is 7.58. The van der Waals surface area contributed by atoms with Crippen molar-refractivity contribution < 1.29 is 8.78 Å². The first-order chi connectivity index (χ1) is 10.0. The number of rotatable bonds is 3. The molecular formula is C14H16F2N4S. The minimum absolute atomic E-state index is 0.00990. The summed E-state index contributed by atoms with van der Waals surface area (Å²) in [6, 6.07) is 4.20. The summed E-state index contributed by atoms with van der Waals surface area (Å²) in [7, 11) is 1.99. The molecule has 112 valence electrons. The van der Waals surface area contributed by atoms with E-state index in [9.17, 15) is 8.78 Å². The lowest BCUT2D eigenvalue weighted by molar-refractivity contribution is 0.308. The van der Waals surface area contributed by atoms with Crippen LogP contribution in [0.3, 0.4) is 0 Å². The lowest BCUT2D eigenvalue weighted by Crippen LogP contribution is -2.29. The number of anilines is 1. The van der Waals surface area contributed by atoms with Gasteiger partial charge in [0.05, 0.1) is 6.04 Å². The number of hydrogen-bond acceptors (Lipinski definition) is 5. The molecule has 1 aromatic heterocycles. The first kappa shape index (κ1) is 14.3. The number of hydrogen-bond donors (Lipinski definition) is 1. The maximum atomic E-state index is 13.5. The topological polar surface area (TPSA) is 41.1 Å². The summed E-state index contributed by atoms with van der Waals surface area (Å²) in [5.41, 5.74) is 0.771. The van der Waals surface area contributed by atoms with Crippen LogP contribution in [-0.2, 0) is 0 Å². The van der Waals surface area contributed by atoms with Crippen LogP contribution >= 0.6 is 11.3 Å². The van der Waals surface area contributed by atoms with Gasteiger partial charge in [0.2, 0.25) is 5.13 Å². The van der Waals surface area contributed by atoms with Crippen molar-refractivity contribution in [2.75, 3.05) is 18.9 Å². The van der Waals surface area contributed by atoms with Crippen molar-refractivity contribution in [1.29, 1.82) is 0 Å². The molecule has 1 N–H and O–H groups in total. The molecule has 0 bridgehead atoms. The van der Waals surface area contributed by atoms with Crippen molar-refractivity contribution in [1.82, 2.24) is 15.1 Å². The minimum Gasteiger partial charge on any atom is -0.355 e. The van der Waals surface area contributed by atoms with E-state index in [4.69, 9.17) is 0 Å². The van der Waals surface area contributed by atoms with Crippen molar-refractivity contribution in [2.24, 2.45) is 0 Å².